The Morgan fingerprint density at radius 2 is 2.00 bits per heavy atom. The number of hydrogen-bond donors (Lipinski definition) is 0. The van der Waals surface area contributed by atoms with Gasteiger partial charge in [-0.05, 0) is 12.8 Å². The number of nitrogens with zero attached hydrogens (tertiary/aromatic N) is 3. The van der Waals surface area contributed by atoms with Crippen molar-refractivity contribution in [2.24, 2.45) is 4.99 Å². The van der Waals surface area contributed by atoms with Gasteiger partial charge in [-0.1, -0.05) is 17.8 Å². The van der Waals surface area contributed by atoms with Crippen molar-refractivity contribution >= 4 is 43.5 Å². The fourth-order valence-corrected chi connectivity index (χ4v) is 5.77. The van der Waals surface area contributed by atoms with E-state index in [9.17, 15) is 18.0 Å². The molecule has 0 N–H and O–H groups in total. The topological polar surface area (TPSA) is 116 Å². The highest BCUT2D eigenvalue weighted by atomic mass is 32.2. The summed E-state index contributed by atoms with van der Waals surface area (Å²) in [4.78, 5) is 29.4. The third kappa shape index (κ3) is 3.94. The molecule has 12 heteroatoms. The van der Waals surface area contributed by atoms with Gasteiger partial charge in [-0.25, -0.2) is 8.42 Å². The van der Waals surface area contributed by atoms with Crippen molar-refractivity contribution in [1.82, 2.24) is 8.87 Å². The maximum Gasteiger partial charge on any atom is 0.325 e. The second-order valence-corrected chi connectivity index (χ2v) is 10.00. The number of benzene rings is 1. The molecule has 162 valence electrons. The van der Waals surface area contributed by atoms with Crippen LogP contribution >= 0.6 is 11.3 Å². The van der Waals surface area contributed by atoms with Gasteiger partial charge in [0.05, 0.1) is 23.6 Å². The number of piperidine rings is 1. The molecule has 2 aliphatic rings. The summed E-state index contributed by atoms with van der Waals surface area (Å²) in [5, 5.41) is 0. The summed E-state index contributed by atoms with van der Waals surface area (Å²) in [6.45, 7) is 0.256. The van der Waals surface area contributed by atoms with Crippen molar-refractivity contribution < 1.29 is 32.2 Å². The van der Waals surface area contributed by atoms with Gasteiger partial charge in [0.1, 0.15) is 12.6 Å². The minimum atomic E-state index is -3.54. The van der Waals surface area contributed by atoms with Gasteiger partial charge in [-0.15, -0.1) is 0 Å². The Labute approximate surface area is 176 Å². The van der Waals surface area contributed by atoms with E-state index in [2.05, 4.69) is 4.99 Å². The highest BCUT2D eigenvalue weighted by molar-refractivity contribution is 7.88. The molecule has 1 aromatic heterocycles. The smallest absolute Gasteiger partial charge is 0.325 e. The number of ether oxygens (including phenoxy) is 3. The Balaban J connectivity index is 1.80. The zero-order valence-corrected chi connectivity index (χ0v) is 18.1. The summed E-state index contributed by atoms with van der Waals surface area (Å²) in [6, 6.07) is 2.65. The van der Waals surface area contributed by atoms with Gasteiger partial charge in [-0.3, -0.25) is 9.59 Å². The first-order valence-corrected chi connectivity index (χ1v) is 12.0. The van der Waals surface area contributed by atoms with E-state index in [1.54, 1.807) is 16.7 Å². The molecule has 10 nitrogen and oxygen atoms in total. The molecular formula is C18H21N3O7S2. The van der Waals surface area contributed by atoms with E-state index in [0.29, 0.717) is 36.4 Å². The molecule has 0 radical (unpaired) electrons. The monoisotopic (exact) mass is 455 g/mol. The number of fused-ring (bicyclic) bond motifs is 2. The molecule has 1 aromatic carbocycles. The lowest BCUT2D eigenvalue weighted by molar-refractivity contribution is -0.141. The molecule has 3 heterocycles. The van der Waals surface area contributed by atoms with Crippen LogP contribution in [0.15, 0.2) is 17.1 Å². The first kappa shape index (κ1) is 20.8. The van der Waals surface area contributed by atoms with Crippen molar-refractivity contribution in [3.05, 3.63) is 16.9 Å². The van der Waals surface area contributed by atoms with Crippen molar-refractivity contribution in [2.45, 2.75) is 31.8 Å². The third-order valence-corrected chi connectivity index (χ3v) is 7.39. The molecule has 1 atom stereocenters. The molecule has 1 amide bonds. The molecular weight excluding hydrogens is 434 g/mol. The third-order valence-electron chi connectivity index (χ3n) is 5.06. The summed E-state index contributed by atoms with van der Waals surface area (Å²) in [5.41, 5.74) is 0.643. The average molecular weight is 456 g/mol. The largest absolute Gasteiger partial charge is 0.468 e. The number of carbonyl (C=O) groups excluding carboxylic acids is 2. The van der Waals surface area contributed by atoms with Crippen LogP contribution in [0.25, 0.3) is 10.2 Å². The molecule has 0 saturated carbocycles. The van der Waals surface area contributed by atoms with Gasteiger partial charge < -0.3 is 18.8 Å². The number of sulfonamides is 1. The molecule has 2 aromatic rings. The van der Waals surface area contributed by atoms with Gasteiger partial charge in [-0.2, -0.15) is 9.30 Å². The second kappa shape index (κ2) is 8.00. The highest BCUT2D eigenvalue weighted by Crippen LogP contribution is 2.37. The van der Waals surface area contributed by atoms with E-state index in [0.717, 1.165) is 17.4 Å². The Hall–Kier alpha value is -2.44. The van der Waals surface area contributed by atoms with Crippen LogP contribution in [0.4, 0.5) is 0 Å². The zero-order chi connectivity index (χ0) is 21.5. The number of rotatable bonds is 4. The number of esters is 1. The lowest BCUT2D eigenvalue weighted by Gasteiger charge is -2.31. The number of thiazole rings is 1. The van der Waals surface area contributed by atoms with Gasteiger partial charge in [0.15, 0.2) is 16.3 Å². The van der Waals surface area contributed by atoms with Crippen LogP contribution in [0.3, 0.4) is 0 Å². The first-order chi connectivity index (χ1) is 14.3. The van der Waals surface area contributed by atoms with E-state index in [4.69, 9.17) is 14.2 Å². The van der Waals surface area contributed by atoms with E-state index in [-0.39, 0.29) is 18.1 Å². The molecule has 0 bridgehead atoms. The van der Waals surface area contributed by atoms with Gasteiger partial charge in [0.25, 0.3) is 5.91 Å². The van der Waals surface area contributed by atoms with Crippen LogP contribution in [-0.2, 0) is 30.9 Å². The van der Waals surface area contributed by atoms with E-state index in [1.165, 1.54) is 22.8 Å². The van der Waals surface area contributed by atoms with Crippen molar-refractivity contribution in [2.75, 3.05) is 26.7 Å². The summed E-state index contributed by atoms with van der Waals surface area (Å²) in [6.07, 6.45) is 2.95. The maximum absolute atomic E-state index is 13.0. The van der Waals surface area contributed by atoms with E-state index >= 15 is 0 Å². The van der Waals surface area contributed by atoms with Crippen LogP contribution in [0, 0.1) is 0 Å². The van der Waals surface area contributed by atoms with Crippen molar-refractivity contribution in [3.8, 4) is 11.5 Å². The molecule has 1 fully saturated rings. The lowest BCUT2D eigenvalue weighted by Crippen LogP contribution is -2.47. The standard InChI is InChI=1S/C18H21N3O7S2/c1-26-16(22)9-20-12-7-13-14(28-10-27-13)8-15(12)29-18(20)19-17(23)11-5-3-4-6-21(11)30(2,24)25/h7-8,11H,3-6,9-10H2,1-2H3. The molecule has 0 aliphatic carbocycles. The van der Waals surface area contributed by atoms with Crippen LogP contribution in [0.1, 0.15) is 19.3 Å². The van der Waals surface area contributed by atoms with Crippen LogP contribution in [0.2, 0.25) is 0 Å². The first-order valence-electron chi connectivity index (χ1n) is 9.33. The molecule has 30 heavy (non-hydrogen) atoms. The Morgan fingerprint density at radius 1 is 1.27 bits per heavy atom. The summed E-state index contributed by atoms with van der Waals surface area (Å²) < 4.78 is 43.3. The zero-order valence-electron chi connectivity index (χ0n) is 16.5. The van der Waals surface area contributed by atoms with Crippen molar-refractivity contribution in [3.63, 3.8) is 0 Å². The lowest BCUT2D eigenvalue weighted by atomic mass is 10.0. The highest BCUT2D eigenvalue weighted by Gasteiger charge is 2.34. The van der Waals surface area contributed by atoms with Crippen LogP contribution < -0.4 is 14.3 Å². The second-order valence-electron chi connectivity index (χ2n) is 7.06. The average Bonchev–Trinajstić information content (AvgIpc) is 3.29. The van der Waals surface area contributed by atoms with Gasteiger partial charge >= 0.3 is 5.97 Å². The predicted molar refractivity (Wildman–Crippen MR) is 108 cm³/mol. The van der Waals surface area contributed by atoms with Crippen LogP contribution in [-0.4, -0.2) is 61.9 Å². The predicted octanol–water partition coefficient (Wildman–Crippen LogP) is 0.846. The molecule has 0 spiro atoms. The fourth-order valence-electron chi connectivity index (χ4n) is 3.61. The summed E-state index contributed by atoms with van der Waals surface area (Å²) in [5.74, 6) is 0.0525. The SMILES string of the molecule is COC(=O)Cn1c(=NC(=O)C2CCCCN2S(C)(=O)=O)sc2cc3c(cc21)OCO3. The number of hydrogen-bond acceptors (Lipinski definition) is 8. The normalized spacial score (nSPS) is 19.9. The molecule has 1 saturated heterocycles. The van der Waals surface area contributed by atoms with E-state index in [1.807, 2.05) is 0 Å². The number of methoxy groups -OCH3 is 1. The minimum Gasteiger partial charge on any atom is -0.468 e. The Morgan fingerprint density at radius 3 is 2.70 bits per heavy atom. The maximum atomic E-state index is 13.0. The number of amides is 1. The number of aromatic nitrogens is 1. The molecule has 1 unspecified atom stereocenters. The quantitative estimate of drug-likeness (QED) is 0.628. The molecule has 2 aliphatic heterocycles. The fraction of sp³-hybridized carbons (Fsp3) is 0.500. The van der Waals surface area contributed by atoms with Gasteiger partial charge in [0, 0.05) is 18.7 Å². The summed E-state index contributed by atoms with van der Waals surface area (Å²) in [7, 11) is -2.26. The Kier molecular flexibility index (Phi) is 5.55. The number of carbonyl (C=O) groups is 2. The van der Waals surface area contributed by atoms with E-state index < -0.39 is 27.9 Å². The van der Waals surface area contributed by atoms with Crippen molar-refractivity contribution in [1.29, 1.82) is 0 Å². The minimum absolute atomic E-state index is 0.113. The molecule has 4 rings (SSSR count). The Bertz CT molecular complexity index is 1180. The summed E-state index contributed by atoms with van der Waals surface area (Å²) >= 11 is 1.21. The van der Waals surface area contributed by atoms with Crippen LogP contribution in [0.5, 0.6) is 11.5 Å². The van der Waals surface area contributed by atoms with Gasteiger partial charge in [0.2, 0.25) is 16.8 Å².